The van der Waals surface area contributed by atoms with Gasteiger partial charge in [-0.1, -0.05) is 11.3 Å². The molecule has 0 aliphatic carbocycles. The van der Waals surface area contributed by atoms with E-state index < -0.39 is 11.5 Å². The summed E-state index contributed by atoms with van der Waals surface area (Å²) in [6.07, 6.45) is 1.62. The van der Waals surface area contributed by atoms with E-state index in [1.165, 1.54) is 15.9 Å². The van der Waals surface area contributed by atoms with Crippen molar-refractivity contribution < 1.29 is 14.6 Å². The highest BCUT2D eigenvalue weighted by Gasteiger charge is 2.22. The van der Waals surface area contributed by atoms with Gasteiger partial charge in [-0.05, 0) is 32.0 Å². The van der Waals surface area contributed by atoms with Gasteiger partial charge in [-0.15, -0.1) is 12.4 Å². The largest absolute Gasteiger partial charge is 0.490 e. The molecule has 1 amide bonds. The average molecular weight is 494 g/mol. The van der Waals surface area contributed by atoms with E-state index in [1.807, 2.05) is 0 Å². The van der Waals surface area contributed by atoms with Gasteiger partial charge in [0.15, 0.2) is 5.13 Å². The smallest absolute Gasteiger partial charge is 0.274 e. The molecule has 1 aromatic carbocycles. The minimum absolute atomic E-state index is 0. The van der Waals surface area contributed by atoms with Crippen LogP contribution in [-0.2, 0) is 7.05 Å². The van der Waals surface area contributed by atoms with E-state index in [0.29, 0.717) is 5.75 Å². The first-order chi connectivity index (χ1) is 15.2. The number of hydrogen-bond donors (Lipinski definition) is 3. The van der Waals surface area contributed by atoms with Crippen LogP contribution >= 0.6 is 23.7 Å². The number of rotatable bonds is 6. The Kier molecular flexibility index (Phi) is 7.63. The van der Waals surface area contributed by atoms with E-state index in [4.69, 9.17) is 9.72 Å². The molecule has 1 aliphatic rings. The third-order valence-electron chi connectivity index (χ3n) is 5.06. The van der Waals surface area contributed by atoms with Gasteiger partial charge < -0.3 is 29.9 Å². The monoisotopic (exact) mass is 493 g/mol. The predicted molar refractivity (Wildman–Crippen MR) is 133 cm³/mol. The molecule has 0 unspecified atom stereocenters. The Labute approximate surface area is 201 Å². The highest BCUT2D eigenvalue weighted by molar-refractivity contribution is 7.22. The Hall–Kier alpha value is -2.66. The SMILES string of the molecule is Cl.Cn1cccc(NC(=O)c2cc3sc(N4CCNCC4)nc3cc2OCC(C)(C)O)c1=O. The van der Waals surface area contributed by atoms with Crippen molar-refractivity contribution in [3.05, 3.63) is 46.4 Å². The van der Waals surface area contributed by atoms with Crippen molar-refractivity contribution in [2.75, 3.05) is 43.0 Å². The Morgan fingerprint density at radius 1 is 1.33 bits per heavy atom. The molecule has 9 nitrogen and oxygen atoms in total. The van der Waals surface area contributed by atoms with Crippen LogP contribution in [0.5, 0.6) is 5.75 Å². The van der Waals surface area contributed by atoms with E-state index in [2.05, 4.69) is 15.5 Å². The zero-order valence-electron chi connectivity index (χ0n) is 18.8. The molecular formula is C22H28ClN5O4S. The summed E-state index contributed by atoms with van der Waals surface area (Å²) in [6.45, 7) is 6.79. The molecule has 33 heavy (non-hydrogen) atoms. The number of nitrogens with one attached hydrogen (secondary N) is 2. The van der Waals surface area contributed by atoms with Crippen molar-refractivity contribution in [1.82, 2.24) is 14.9 Å². The summed E-state index contributed by atoms with van der Waals surface area (Å²) in [6, 6.07) is 6.71. The molecular weight excluding hydrogens is 466 g/mol. The average Bonchev–Trinajstić information content (AvgIpc) is 3.18. The quantitative estimate of drug-likeness (QED) is 0.483. The first kappa shape index (κ1) is 25.0. The number of carbonyl (C=O) groups excluding carboxylic acids is 1. The Morgan fingerprint density at radius 3 is 2.76 bits per heavy atom. The molecule has 0 spiro atoms. The van der Waals surface area contributed by atoms with Crippen molar-refractivity contribution in [1.29, 1.82) is 0 Å². The summed E-state index contributed by atoms with van der Waals surface area (Å²) in [4.78, 5) is 32.4. The lowest BCUT2D eigenvalue weighted by atomic mass is 10.1. The minimum atomic E-state index is -1.08. The highest BCUT2D eigenvalue weighted by atomic mass is 35.5. The number of halogens is 1. The summed E-state index contributed by atoms with van der Waals surface area (Å²) < 4.78 is 8.07. The molecule has 0 radical (unpaired) electrons. The third kappa shape index (κ3) is 5.83. The number of nitrogens with zero attached hydrogens (tertiary/aromatic N) is 3. The Morgan fingerprint density at radius 2 is 2.06 bits per heavy atom. The highest BCUT2D eigenvalue weighted by Crippen LogP contribution is 2.34. The number of aromatic nitrogens is 2. The second-order valence-electron chi connectivity index (χ2n) is 8.44. The standard InChI is InChI=1S/C22H27N5O4S.ClH/c1-22(2,30)13-31-17-12-16-18(32-21(25-16)27-9-6-23-7-10-27)11-14(17)19(28)24-15-5-4-8-26(3)20(15)29;/h4-5,8,11-12,23,30H,6-7,9-10,13H2,1-3H3,(H,24,28);1H. The minimum Gasteiger partial charge on any atom is -0.490 e. The van der Waals surface area contributed by atoms with Crippen molar-refractivity contribution in [3.63, 3.8) is 0 Å². The first-order valence-electron chi connectivity index (χ1n) is 10.4. The predicted octanol–water partition coefficient (Wildman–Crippen LogP) is 2.23. The molecule has 2 aromatic heterocycles. The first-order valence-corrected chi connectivity index (χ1v) is 11.3. The number of fused-ring (bicyclic) bond motifs is 1. The van der Waals surface area contributed by atoms with Crippen LogP contribution in [0.25, 0.3) is 10.2 Å². The fourth-order valence-electron chi connectivity index (χ4n) is 3.37. The molecule has 3 N–H and O–H groups in total. The molecule has 0 saturated carbocycles. The number of aryl methyl sites for hydroxylation is 1. The lowest BCUT2D eigenvalue weighted by Gasteiger charge is -2.26. The van der Waals surface area contributed by atoms with Gasteiger partial charge in [0, 0.05) is 45.5 Å². The zero-order chi connectivity index (χ0) is 22.9. The van der Waals surface area contributed by atoms with E-state index in [0.717, 1.165) is 41.5 Å². The van der Waals surface area contributed by atoms with Crippen LogP contribution in [0, 0.1) is 0 Å². The number of carbonyl (C=O) groups is 1. The van der Waals surface area contributed by atoms with Crippen LogP contribution in [0.3, 0.4) is 0 Å². The van der Waals surface area contributed by atoms with E-state index >= 15 is 0 Å². The molecule has 178 valence electrons. The van der Waals surface area contributed by atoms with Gasteiger partial charge in [0.2, 0.25) is 0 Å². The Bertz CT molecular complexity index is 1200. The number of hydrogen-bond acceptors (Lipinski definition) is 8. The second-order valence-corrected chi connectivity index (χ2v) is 9.45. The van der Waals surface area contributed by atoms with Crippen LogP contribution in [0.2, 0.25) is 0 Å². The number of amides is 1. The molecule has 11 heteroatoms. The maximum absolute atomic E-state index is 13.1. The summed E-state index contributed by atoms with van der Waals surface area (Å²) in [5.74, 6) is -0.153. The van der Waals surface area contributed by atoms with Crippen molar-refractivity contribution in [2.24, 2.45) is 7.05 Å². The fraction of sp³-hybridized carbons (Fsp3) is 0.409. The number of piperazine rings is 1. The second kappa shape index (κ2) is 10.1. The lowest BCUT2D eigenvalue weighted by Crippen LogP contribution is -2.43. The molecule has 1 aliphatic heterocycles. The summed E-state index contributed by atoms with van der Waals surface area (Å²) in [5.41, 5.74) is -0.199. The molecule has 1 saturated heterocycles. The van der Waals surface area contributed by atoms with Crippen molar-refractivity contribution in [2.45, 2.75) is 19.4 Å². The van der Waals surface area contributed by atoms with Gasteiger partial charge in [-0.3, -0.25) is 9.59 Å². The van der Waals surface area contributed by atoms with E-state index in [-0.39, 0.29) is 35.8 Å². The molecule has 0 atom stereocenters. The van der Waals surface area contributed by atoms with E-state index in [1.54, 1.807) is 51.4 Å². The van der Waals surface area contributed by atoms with Gasteiger partial charge in [-0.25, -0.2) is 4.98 Å². The third-order valence-corrected chi connectivity index (χ3v) is 6.14. The van der Waals surface area contributed by atoms with Crippen LogP contribution in [0.4, 0.5) is 10.8 Å². The molecule has 1 fully saturated rings. The number of thiazole rings is 1. The fourth-order valence-corrected chi connectivity index (χ4v) is 4.41. The van der Waals surface area contributed by atoms with Gasteiger partial charge in [0.05, 0.1) is 21.4 Å². The van der Waals surface area contributed by atoms with Crippen LogP contribution in [-0.4, -0.2) is 59.0 Å². The van der Waals surface area contributed by atoms with Crippen molar-refractivity contribution >= 4 is 50.7 Å². The van der Waals surface area contributed by atoms with Gasteiger partial charge in [0.1, 0.15) is 18.0 Å². The van der Waals surface area contributed by atoms with Crippen LogP contribution in [0.15, 0.2) is 35.3 Å². The van der Waals surface area contributed by atoms with Gasteiger partial charge in [0.25, 0.3) is 11.5 Å². The van der Waals surface area contributed by atoms with Crippen LogP contribution in [0.1, 0.15) is 24.2 Å². The van der Waals surface area contributed by atoms with E-state index in [9.17, 15) is 14.7 Å². The molecule has 0 bridgehead atoms. The lowest BCUT2D eigenvalue weighted by molar-refractivity contribution is 0.0281. The number of aliphatic hydroxyl groups is 1. The van der Waals surface area contributed by atoms with Gasteiger partial charge >= 0.3 is 0 Å². The number of pyridine rings is 1. The zero-order valence-corrected chi connectivity index (χ0v) is 20.4. The summed E-state index contributed by atoms with van der Waals surface area (Å²) in [5, 5.41) is 17.0. The molecule has 3 heterocycles. The normalized spacial score (nSPS) is 14.1. The maximum Gasteiger partial charge on any atom is 0.274 e. The number of anilines is 2. The number of benzene rings is 1. The maximum atomic E-state index is 13.1. The molecule has 4 rings (SSSR count). The number of ether oxygens (including phenoxy) is 1. The van der Waals surface area contributed by atoms with Crippen LogP contribution < -0.4 is 25.8 Å². The summed E-state index contributed by atoms with van der Waals surface area (Å²) >= 11 is 1.52. The summed E-state index contributed by atoms with van der Waals surface area (Å²) in [7, 11) is 1.62. The Balaban J connectivity index is 0.00000306. The van der Waals surface area contributed by atoms with Crippen molar-refractivity contribution in [3.8, 4) is 5.75 Å². The molecule has 3 aromatic rings. The topological polar surface area (TPSA) is 109 Å². The van der Waals surface area contributed by atoms with Gasteiger partial charge in [-0.2, -0.15) is 0 Å².